The third-order valence-electron chi connectivity index (χ3n) is 4.06. The van der Waals surface area contributed by atoms with Gasteiger partial charge in [0.05, 0.1) is 0 Å². The molecule has 0 saturated heterocycles. The monoisotopic (exact) mass is 349 g/mol. The molecule has 5 heteroatoms. The van der Waals surface area contributed by atoms with Gasteiger partial charge < -0.3 is 0 Å². The molecular formula is C20H16FN3S. The fraction of sp³-hybridized carbons (Fsp3) is 0.100. The average molecular weight is 349 g/mol. The molecule has 0 atom stereocenters. The first kappa shape index (κ1) is 15.8. The molecule has 0 aliphatic carbocycles. The Labute approximate surface area is 149 Å². The van der Waals surface area contributed by atoms with Crippen LogP contribution in [0, 0.1) is 12.7 Å². The molecule has 0 radical (unpaired) electrons. The summed E-state index contributed by atoms with van der Waals surface area (Å²) < 4.78 is 15.1. The zero-order valence-electron chi connectivity index (χ0n) is 13.7. The molecule has 0 aliphatic rings. The summed E-state index contributed by atoms with van der Waals surface area (Å²) in [5.41, 5.74) is 2.10. The topological polar surface area (TPSA) is 30.7 Å². The van der Waals surface area contributed by atoms with Crippen molar-refractivity contribution in [2.24, 2.45) is 0 Å². The van der Waals surface area contributed by atoms with Gasteiger partial charge >= 0.3 is 0 Å². The first-order chi connectivity index (χ1) is 12.2. The smallest absolute Gasteiger partial charge is 0.196 e. The Bertz CT molecular complexity index is 1020. The van der Waals surface area contributed by atoms with Crippen LogP contribution in [0.1, 0.15) is 11.4 Å². The number of nitrogens with zero attached hydrogens (tertiary/aromatic N) is 3. The van der Waals surface area contributed by atoms with Crippen molar-refractivity contribution in [3.05, 3.63) is 83.9 Å². The molecule has 4 aromatic rings. The summed E-state index contributed by atoms with van der Waals surface area (Å²) in [6, 6.07) is 21.2. The minimum atomic E-state index is -0.250. The van der Waals surface area contributed by atoms with Gasteiger partial charge in [-0.2, -0.15) is 0 Å². The predicted molar refractivity (Wildman–Crippen MR) is 99.6 cm³/mol. The number of aryl methyl sites for hydroxylation is 1. The highest BCUT2D eigenvalue weighted by Crippen LogP contribution is 2.26. The summed E-state index contributed by atoms with van der Waals surface area (Å²) in [6.45, 7) is 1.90. The number of fused-ring (bicyclic) bond motifs is 1. The molecule has 0 bridgehead atoms. The number of thioether (sulfide) groups is 1. The van der Waals surface area contributed by atoms with E-state index in [9.17, 15) is 4.39 Å². The van der Waals surface area contributed by atoms with E-state index in [0.717, 1.165) is 22.4 Å². The van der Waals surface area contributed by atoms with E-state index in [1.807, 2.05) is 23.6 Å². The average Bonchev–Trinajstić information content (AvgIpc) is 3.01. The summed E-state index contributed by atoms with van der Waals surface area (Å²) in [5.74, 6) is 1.33. The number of halogens is 1. The van der Waals surface area contributed by atoms with Crippen LogP contribution in [0.4, 0.5) is 4.39 Å². The fourth-order valence-corrected chi connectivity index (χ4v) is 3.74. The predicted octanol–water partition coefficient (Wildman–Crippen LogP) is 5.16. The summed E-state index contributed by atoms with van der Waals surface area (Å²) in [5, 5.41) is 11.7. The number of hydrogen-bond donors (Lipinski definition) is 0. The Balaban J connectivity index is 1.59. The first-order valence-electron chi connectivity index (χ1n) is 7.99. The molecule has 0 spiro atoms. The van der Waals surface area contributed by atoms with Crippen molar-refractivity contribution in [3.8, 4) is 5.69 Å². The van der Waals surface area contributed by atoms with Crippen molar-refractivity contribution in [3.63, 3.8) is 0 Å². The van der Waals surface area contributed by atoms with Crippen LogP contribution in [-0.4, -0.2) is 14.8 Å². The van der Waals surface area contributed by atoms with E-state index in [-0.39, 0.29) is 5.82 Å². The summed E-state index contributed by atoms with van der Waals surface area (Å²) in [6.07, 6.45) is 0. The van der Waals surface area contributed by atoms with Crippen LogP contribution in [0.25, 0.3) is 16.5 Å². The van der Waals surface area contributed by atoms with E-state index in [1.54, 1.807) is 23.9 Å². The van der Waals surface area contributed by atoms with Gasteiger partial charge in [0.2, 0.25) is 0 Å². The van der Waals surface area contributed by atoms with Gasteiger partial charge in [-0.15, -0.1) is 10.2 Å². The van der Waals surface area contributed by atoms with Crippen molar-refractivity contribution >= 4 is 22.5 Å². The Morgan fingerprint density at radius 1 is 0.920 bits per heavy atom. The summed E-state index contributed by atoms with van der Waals surface area (Å²) in [7, 11) is 0. The minimum absolute atomic E-state index is 0.250. The molecule has 0 saturated carbocycles. The van der Waals surface area contributed by atoms with Crippen molar-refractivity contribution in [1.82, 2.24) is 14.8 Å². The zero-order valence-corrected chi connectivity index (χ0v) is 14.5. The van der Waals surface area contributed by atoms with E-state index >= 15 is 0 Å². The SMILES string of the molecule is Cc1nnc(SCc2ccc3ccccc3c2)n1-c1ccc(F)cc1. The minimum Gasteiger partial charge on any atom is -0.274 e. The van der Waals surface area contributed by atoms with Gasteiger partial charge in [-0.1, -0.05) is 54.2 Å². The standard InChI is InChI=1S/C20H16FN3S/c1-14-22-23-20(24(14)19-10-8-18(21)9-11-19)25-13-15-6-7-16-4-2-3-5-17(16)12-15/h2-12H,13H2,1H3. The molecule has 0 amide bonds. The quantitative estimate of drug-likeness (QED) is 0.477. The maximum atomic E-state index is 13.2. The van der Waals surface area contributed by atoms with E-state index in [2.05, 4.69) is 40.5 Å². The molecule has 3 aromatic carbocycles. The second-order valence-electron chi connectivity index (χ2n) is 5.81. The van der Waals surface area contributed by atoms with Crippen LogP contribution < -0.4 is 0 Å². The normalized spacial score (nSPS) is 11.1. The number of rotatable bonds is 4. The highest BCUT2D eigenvalue weighted by molar-refractivity contribution is 7.98. The lowest BCUT2D eigenvalue weighted by atomic mass is 10.1. The van der Waals surface area contributed by atoms with Crippen LogP contribution in [0.3, 0.4) is 0 Å². The van der Waals surface area contributed by atoms with Crippen molar-refractivity contribution < 1.29 is 4.39 Å². The van der Waals surface area contributed by atoms with E-state index < -0.39 is 0 Å². The molecule has 124 valence electrons. The molecule has 0 N–H and O–H groups in total. The number of benzene rings is 3. The van der Waals surface area contributed by atoms with Gasteiger partial charge in [0, 0.05) is 11.4 Å². The van der Waals surface area contributed by atoms with Crippen molar-refractivity contribution in [2.45, 2.75) is 17.8 Å². The molecule has 1 heterocycles. The van der Waals surface area contributed by atoms with Gasteiger partial charge in [-0.05, 0) is 47.5 Å². The van der Waals surface area contributed by atoms with E-state index in [1.165, 1.54) is 28.5 Å². The van der Waals surface area contributed by atoms with E-state index in [4.69, 9.17) is 0 Å². The molecule has 1 aromatic heterocycles. The Kier molecular flexibility index (Phi) is 4.24. The largest absolute Gasteiger partial charge is 0.274 e. The third kappa shape index (κ3) is 3.28. The lowest BCUT2D eigenvalue weighted by Gasteiger charge is -2.08. The molecule has 25 heavy (non-hydrogen) atoms. The van der Waals surface area contributed by atoms with Crippen LogP contribution in [-0.2, 0) is 5.75 Å². The van der Waals surface area contributed by atoms with Gasteiger partial charge in [-0.3, -0.25) is 4.57 Å². The van der Waals surface area contributed by atoms with E-state index in [0.29, 0.717) is 0 Å². The van der Waals surface area contributed by atoms with Gasteiger partial charge in [0.1, 0.15) is 11.6 Å². The van der Waals surface area contributed by atoms with Crippen LogP contribution in [0.5, 0.6) is 0 Å². The van der Waals surface area contributed by atoms with Crippen LogP contribution in [0.15, 0.2) is 71.9 Å². The number of aromatic nitrogens is 3. The molecule has 0 aliphatic heterocycles. The highest BCUT2D eigenvalue weighted by Gasteiger charge is 2.12. The Hall–Kier alpha value is -2.66. The first-order valence-corrected chi connectivity index (χ1v) is 8.98. The molecular weight excluding hydrogens is 333 g/mol. The van der Waals surface area contributed by atoms with Gasteiger partial charge in [0.25, 0.3) is 0 Å². The molecule has 0 unspecified atom stereocenters. The lowest BCUT2D eigenvalue weighted by molar-refractivity contribution is 0.627. The van der Waals surface area contributed by atoms with Crippen molar-refractivity contribution in [2.75, 3.05) is 0 Å². The molecule has 4 rings (SSSR count). The zero-order chi connectivity index (χ0) is 17.2. The fourth-order valence-electron chi connectivity index (χ4n) is 2.80. The Morgan fingerprint density at radius 3 is 2.48 bits per heavy atom. The van der Waals surface area contributed by atoms with Crippen molar-refractivity contribution in [1.29, 1.82) is 0 Å². The second-order valence-corrected chi connectivity index (χ2v) is 6.75. The van der Waals surface area contributed by atoms with Crippen LogP contribution in [0.2, 0.25) is 0 Å². The van der Waals surface area contributed by atoms with Gasteiger partial charge in [-0.25, -0.2) is 4.39 Å². The Morgan fingerprint density at radius 2 is 1.68 bits per heavy atom. The molecule has 3 nitrogen and oxygen atoms in total. The second kappa shape index (κ2) is 6.69. The lowest BCUT2D eigenvalue weighted by Crippen LogP contribution is -1.99. The summed E-state index contributed by atoms with van der Waals surface area (Å²) in [4.78, 5) is 0. The van der Waals surface area contributed by atoms with Crippen LogP contribution >= 0.6 is 11.8 Å². The third-order valence-corrected chi connectivity index (χ3v) is 5.06. The molecule has 0 fully saturated rings. The maximum absolute atomic E-state index is 13.2. The van der Waals surface area contributed by atoms with Gasteiger partial charge in [0.15, 0.2) is 5.16 Å². The summed E-state index contributed by atoms with van der Waals surface area (Å²) >= 11 is 1.62. The highest BCUT2D eigenvalue weighted by atomic mass is 32.2. The number of hydrogen-bond acceptors (Lipinski definition) is 3. The maximum Gasteiger partial charge on any atom is 0.196 e.